The molecule has 0 spiro atoms. The molecule has 2 heterocycles. The maximum Gasteiger partial charge on any atom is 0.270 e. The fourth-order valence-corrected chi connectivity index (χ4v) is 2.93. The van der Waals surface area contributed by atoms with Crippen LogP contribution in [0.5, 0.6) is 5.75 Å². The summed E-state index contributed by atoms with van der Waals surface area (Å²) in [4.78, 5) is 29.6. The zero-order valence-corrected chi connectivity index (χ0v) is 15.5. The van der Waals surface area contributed by atoms with Crippen LogP contribution in [0.2, 0.25) is 0 Å². The highest BCUT2D eigenvalue weighted by Gasteiger charge is 2.16. The fourth-order valence-electron chi connectivity index (χ4n) is 2.93. The van der Waals surface area contributed by atoms with Crippen molar-refractivity contribution in [2.75, 3.05) is 0 Å². The van der Waals surface area contributed by atoms with E-state index in [0.717, 1.165) is 5.76 Å². The Morgan fingerprint density at radius 3 is 2.38 bits per heavy atom. The van der Waals surface area contributed by atoms with E-state index in [9.17, 15) is 14.7 Å². The Balaban J connectivity index is 1.62. The summed E-state index contributed by atoms with van der Waals surface area (Å²) in [6.07, 6.45) is 0. The van der Waals surface area contributed by atoms with Crippen molar-refractivity contribution < 1.29 is 19.1 Å². The summed E-state index contributed by atoms with van der Waals surface area (Å²) in [5.74, 6) is 0.353. The summed E-state index contributed by atoms with van der Waals surface area (Å²) < 4.78 is 5.63. The van der Waals surface area contributed by atoms with E-state index < -0.39 is 11.8 Å². The van der Waals surface area contributed by atoms with E-state index in [0.29, 0.717) is 33.5 Å². The van der Waals surface area contributed by atoms with Crippen molar-refractivity contribution in [3.63, 3.8) is 0 Å². The maximum absolute atomic E-state index is 12.8. The molecule has 0 saturated heterocycles. The molecule has 0 unspecified atom stereocenters. The third kappa shape index (κ3) is 3.79. The van der Waals surface area contributed by atoms with Crippen molar-refractivity contribution in [3.8, 4) is 17.2 Å². The van der Waals surface area contributed by atoms with Gasteiger partial charge in [-0.25, -0.2) is 4.98 Å². The summed E-state index contributed by atoms with van der Waals surface area (Å²) >= 11 is 0. The lowest BCUT2D eigenvalue weighted by Gasteiger charge is -2.11. The fraction of sp³-hybridized carbons (Fsp3) is 0.0455. The second-order valence-electron chi connectivity index (χ2n) is 6.44. The Kier molecular flexibility index (Phi) is 4.70. The summed E-state index contributed by atoms with van der Waals surface area (Å²) in [6.45, 7) is 1.83. The highest BCUT2D eigenvalue weighted by Crippen LogP contribution is 2.26. The molecule has 2 aromatic heterocycles. The number of aromatic nitrogens is 1. The van der Waals surface area contributed by atoms with Crippen LogP contribution in [0.15, 0.2) is 71.1 Å². The first-order valence-corrected chi connectivity index (χ1v) is 8.87. The van der Waals surface area contributed by atoms with Crippen LogP contribution in [0.1, 0.15) is 26.5 Å². The molecule has 0 aliphatic rings. The summed E-state index contributed by atoms with van der Waals surface area (Å²) in [6, 6.07) is 18.2. The molecular weight excluding hydrogens is 370 g/mol. The van der Waals surface area contributed by atoms with Crippen LogP contribution in [0.25, 0.3) is 22.4 Å². The van der Waals surface area contributed by atoms with Gasteiger partial charge in [-0.15, -0.1) is 0 Å². The molecule has 0 radical (unpaired) electrons. The molecule has 0 aliphatic heterocycles. The molecule has 4 rings (SSSR count). The Morgan fingerprint density at radius 1 is 0.931 bits per heavy atom. The number of carbonyl (C=O) groups is 2. The van der Waals surface area contributed by atoms with Gasteiger partial charge < -0.3 is 9.52 Å². The van der Waals surface area contributed by atoms with E-state index in [-0.39, 0.29) is 5.75 Å². The van der Waals surface area contributed by atoms with Gasteiger partial charge in [0.1, 0.15) is 17.2 Å². The number of hydrogen-bond donors (Lipinski definition) is 3. The van der Waals surface area contributed by atoms with Crippen molar-refractivity contribution in [1.29, 1.82) is 0 Å². The van der Waals surface area contributed by atoms with Crippen molar-refractivity contribution in [1.82, 2.24) is 15.8 Å². The number of hydrazine groups is 1. The molecule has 0 fully saturated rings. The van der Waals surface area contributed by atoms with Crippen molar-refractivity contribution in [3.05, 3.63) is 83.6 Å². The van der Waals surface area contributed by atoms with Gasteiger partial charge in [-0.05, 0) is 55.5 Å². The second-order valence-corrected chi connectivity index (χ2v) is 6.44. The zero-order valence-electron chi connectivity index (χ0n) is 15.5. The van der Waals surface area contributed by atoms with Gasteiger partial charge in [0.05, 0.1) is 11.1 Å². The van der Waals surface area contributed by atoms with Gasteiger partial charge in [0.2, 0.25) is 0 Å². The molecule has 2 amide bonds. The first kappa shape index (κ1) is 18.2. The summed E-state index contributed by atoms with van der Waals surface area (Å²) in [5.41, 5.74) is 6.62. The third-order valence-electron chi connectivity index (χ3n) is 4.37. The number of phenols is 1. The van der Waals surface area contributed by atoms with Crippen LogP contribution >= 0.6 is 0 Å². The van der Waals surface area contributed by atoms with Gasteiger partial charge in [-0.3, -0.25) is 20.4 Å². The number of rotatable bonds is 3. The molecular formula is C22H17N3O4. The van der Waals surface area contributed by atoms with E-state index in [2.05, 4.69) is 15.8 Å². The Bertz CT molecular complexity index is 1210. The highest BCUT2D eigenvalue weighted by atomic mass is 16.3. The van der Waals surface area contributed by atoms with E-state index in [4.69, 9.17) is 4.42 Å². The number of hydrogen-bond acceptors (Lipinski definition) is 5. The average Bonchev–Trinajstić information content (AvgIpc) is 3.18. The van der Waals surface area contributed by atoms with Gasteiger partial charge in [-0.1, -0.05) is 18.2 Å². The van der Waals surface area contributed by atoms with Crippen LogP contribution in [0.4, 0.5) is 0 Å². The minimum absolute atomic E-state index is 0.0505. The number of pyridine rings is 1. The molecule has 144 valence electrons. The number of aromatic hydroxyl groups is 1. The predicted molar refractivity (Wildman–Crippen MR) is 107 cm³/mol. The molecule has 7 heteroatoms. The monoisotopic (exact) mass is 387 g/mol. The number of carbonyl (C=O) groups excluding carboxylic acids is 2. The molecule has 0 aliphatic carbocycles. The van der Waals surface area contributed by atoms with Gasteiger partial charge in [0.25, 0.3) is 11.8 Å². The number of furan rings is 1. The first-order valence-electron chi connectivity index (χ1n) is 8.87. The smallest absolute Gasteiger partial charge is 0.270 e. The number of amides is 2. The Hall–Kier alpha value is -4.13. The molecule has 29 heavy (non-hydrogen) atoms. The van der Waals surface area contributed by atoms with E-state index in [1.807, 2.05) is 25.1 Å². The molecule has 0 saturated carbocycles. The van der Waals surface area contributed by atoms with Gasteiger partial charge in [0.15, 0.2) is 5.76 Å². The van der Waals surface area contributed by atoms with Gasteiger partial charge in [-0.2, -0.15) is 0 Å². The SMILES string of the molecule is Cc1ccc(-c2cc(C(=O)NNC(=O)c3ccc(O)cc3)c3ccccc3n2)o1. The molecule has 0 atom stereocenters. The van der Waals surface area contributed by atoms with Crippen molar-refractivity contribution >= 4 is 22.7 Å². The highest BCUT2D eigenvalue weighted by molar-refractivity contribution is 6.08. The summed E-state index contributed by atoms with van der Waals surface area (Å²) in [5, 5.41) is 9.96. The molecule has 3 N–H and O–H groups in total. The maximum atomic E-state index is 12.8. The lowest BCUT2D eigenvalue weighted by molar-refractivity contribution is 0.0847. The lowest BCUT2D eigenvalue weighted by atomic mass is 10.1. The lowest BCUT2D eigenvalue weighted by Crippen LogP contribution is -2.41. The van der Waals surface area contributed by atoms with E-state index >= 15 is 0 Å². The molecule has 4 aromatic rings. The molecule has 0 bridgehead atoms. The predicted octanol–water partition coefficient (Wildman–Crippen LogP) is 3.58. The van der Waals surface area contributed by atoms with Crippen LogP contribution < -0.4 is 10.9 Å². The number of benzene rings is 2. The van der Waals surface area contributed by atoms with Crippen LogP contribution in [0.3, 0.4) is 0 Å². The molecule has 2 aromatic carbocycles. The third-order valence-corrected chi connectivity index (χ3v) is 4.37. The summed E-state index contributed by atoms with van der Waals surface area (Å²) in [7, 11) is 0. The topological polar surface area (TPSA) is 104 Å². The van der Waals surface area contributed by atoms with E-state index in [1.165, 1.54) is 24.3 Å². The van der Waals surface area contributed by atoms with E-state index in [1.54, 1.807) is 24.3 Å². The molecule has 7 nitrogen and oxygen atoms in total. The van der Waals surface area contributed by atoms with Crippen molar-refractivity contribution in [2.45, 2.75) is 6.92 Å². The zero-order chi connectivity index (χ0) is 20.4. The Labute approximate surface area is 166 Å². The van der Waals surface area contributed by atoms with Crippen molar-refractivity contribution in [2.24, 2.45) is 0 Å². The van der Waals surface area contributed by atoms with Crippen LogP contribution in [0, 0.1) is 6.92 Å². The number of nitrogens with zero attached hydrogens (tertiary/aromatic N) is 1. The largest absolute Gasteiger partial charge is 0.508 e. The normalized spacial score (nSPS) is 10.7. The quantitative estimate of drug-likeness (QED) is 0.466. The minimum Gasteiger partial charge on any atom is -0.508 e. The average molecular weight is 387 g/mol. The number of fused-ring (bicyclic) bond motifs is 1. The standard InChI is InChI=1S/C22H17N3O4/c1-13-6-11-20(29-13)19-12-17(16-4-2-3-5-18(16)23-19)22(28)25-24-21(27)14-7-9-15(26)10-8-14/h2-12,26H,1H3,(H,24,27)(H,25,28). The number of nitrogens with one attached hydrogen (secondary N) is 2. The minimum atomic E-state index is -0.501. The van der Waals surface area contributed by atoms with Crippen LogP contribution in [-0.4, -0.2) is 21.9 Å². The Morgan fingerprint density at radius 2 is 1.66 bits per heavy atom. The van der Waals surface area contributed by atoms with Gasteiger partial charge in [0, 0.05) is 10.9 Å². The number of aryl methyl sites for hydroxylation is 1. The second kappa shape index (κ2) is 7.47. The number of phenolic OH excluding ortho intramolecular Hbond substituents is 1. The number of para-hydroxylation sites is 1. The van der Waals surface area contributed by atoms with Crippen LogP contribution in [-0.2, 0) is 0 Å². The first-order chi connectivity index (χ1) is 14.0. The van der Waals surface area contributed by atoms with Gasteiger partial charge >= 0.3 is 0 Å².